The van der Waals surface area contributed by atoms with Crippen molar-refractivity contribution in [1.29, 1.82) is 0 Å². The molecule has 0 aliphatic heterocycles. The lowest BCUT2D eigenvalue weighted by Gasteiger charge is -2.28. The van der Waals surface area contributed by atoms with Gasteiger partial charge in [0.1, 0.15) is 12.3 Å². The summed E-state index contributed by atoms with van der Waals surface area (Å²) in [6.07, 6.45) is 3.03. The summed E-state index contributed by atoms with van der Waals surface area (Å²) in [7, 11) is 3.14. The highest BCUT2D eigenvalue weighted by Gasteiger charge is 2.25. The predicted octanol–water partition coefficient (Wildman–Crippen LogP) is 5.49. The molecular formula is C31H33ClN4O6. The number of hydrogen-bond acceptors (Lipinski definition) is 6. The second kappa shape index (κ2) is 14.5. The minimum absolute atomic E-state index is 0.0522. The van der Waals surface area contributed by atoms with E-state index in [0.29, 0.717) is 31.7 Å². The molecule has 1 N–H and O–H groups in total. The third-order valence-corrected chi connectivity index (χ3v) is 7.33. The summed E-state index contributed by atoms with van der Waals surface area (Å²) in [6, 6.07) is 19.2. The van der Waals surface area contributed by atoms with Crippen LogP contribution in [0.2, 0.25) is 5.02 Å². The van der Waals surface area contributed by atoms with Crippen molar-refractivity contribution >= 4 is 40.0 Å². The molecule has 4 aromatic rings. The minimum atomic E-state index is -0.580. The number of fused-ring (bicyclic) bond motifs is 1. The predicted molar refractivity (Wildman–Crippen MR) is 161 cm³/mol. The first kappa shape index (κ1) is 30.5. The van der Waals surface area contributed by atoms with Crippen molar-refractivity contribution in [2.45, 2.75) is 19.4 Å². The third-order valence-electron chi connectivity index (χ3n) is 7.02. The number of nitrogens with zero attached hydrogens (tertiary/aromatic N) is 3. The summed E-state index contributed by atoms with van der Waals surface area (Å²) in [5.41, 5.74) is 2.79. The highest BCUT2D eigenvalue weighted by atomic mass is 35.5. The number of amides is 2. The summed E-state index contributed by atoms with van der Waals surface area (Å²) in [4.78, 5) is 44.5. The number of non-ortho nitro benzene ring substituents is 1. The molecule has 0 unspecified atom stereocenters. The zero-order valence-corrected chi connectivity index (χ0v) is 24.3. The van der Waals surface area contributed by atoms with E-state index in [1.165, 1.54) is 17.0 Å². The summed E-state index contributed by atoms with van der Waals surface area (Å²) < 4.78 is 10.7. The number of rotatable bonds is 14. The van der Waals surface area contributed by atoms with Gasteiger partial charge in [0.2, 0.25) is 5.91 Å². The van der Waals surface area contributed by atoms with Crippen LogP contribution in [-0.2, 0) is 22.5 Å². The molecule has 3 aromatic carbocycles. The highest BCUT2D eigenvalue weighted by Crippen LogP contribution is 2.25. The number of halogens is 1. The van der Waals surface area contributed by atoms with Gasteiger partial charge in [0, 0.05) is 68.1 Å². The van der Waals surface area contributed by atoms with Crippen LogP contribution in [0.5, 0.6) is 5.75 Å². The molecule has 10 nitrogen and oxygen atoms in total. The fourth-order valence-electron chi connectivity index (χ4n) is 4.80. The summed E-state index contributed by atoms with van der Waals surface area (Å²) in [5.74, 6) is -0.0918. The highest BCUT2D eigenvalue weighted by molar-refractivity contribution is 6.34. The van der Waals surface area contributed by atoms with Crippen molar-refractivity contribution in [3.8, 4) is 5.75 Å². The van der Waals surface area contributed by atoms with Gasteiger partial charge >= 0.3 is 0 Å². The number of methoxy groups -OCH3 is 2. The van der Waals surface area contributed by atoms with Crippen molar-refractivity contribution in [1.82, 2.24) is 14.8 Å². The lowest BCUT2D eigenvalue weighted by molar-refractivity contribution is -0.384. The number of H-pyrrole nitrogens is 1. The van der Waals surface area contributed by atoms with Crippen LogP contribution in [0.25, 0.3) is 10.9 Å². The van der Waals surface area contributed by atoms with E-state index < -0.39 is 10.8 Å². The molecule has 2 amide bonds. The van der Waals surface area contributed by atoms with E-state index in [9.17, 15) is 19.7 Å². The molecule has 0 fully saturated rings. The average Bonchev–Trinajstić information content (AvgIpc) is 3.41. The van der Waals surface area contributed by atoms with Crippen molar-refractivity contribution in [3.63, 3.8) is 0 Å². The van der Waals surface area contributed by atoms with E-state index in [-0.39, 0.29) is 41.8 Å². The average molecular weight is 593 g/mol. The molecule has 0 saturated carbocycles. The topological polar surface area (TPSA) is 118 Å². The molecule has 0 radical (unpaired) electrons. The van der Waals surface area contributed by atoms with Gasteiger partial charge in [-0.25, -0.2) is 0 Å². The van der Waals surface area contributed by atoms with Crippen LogP contribution in [-0.4, -0.2) is 72.0 Å². The number of carbonyl (C=O) groups excluding carboxylic acids is 2. The van der Waals surface area contributed by atoms with Crippen LogP contribution in [0.4, 0.5) is 5.69 Å². The van der Waals surface area contributed by atoms with Crippen molar-refractivity contribution in [3.05, 3.63) is 105 Å². The second-order valence-corrected chi connectivity index (χ2v) is 10.1. The second-order valence-electron chi connectivity index (χ2n) is 9.73. The number of carbonyl (C=O) groups is 2. The molecule has 4 rings (SSSR count). The van der Waals surface area contributed by atoms with E-state index in [2.05, 4.69) is 4.98 Å². The van der Waals surface area contributed by atoms with Crippen molar-refractivity contribution < 1.29 is 24.0 Å². The first-order valence-electron chi connectivity index (χ1n) is 13.5. The van der Waals surface area contributed by atoms with Gasteiger partial charge in [0.05, 0.1) is 22.6 Å². The monoisotopic (exact) mass is 592 g/mol. The largest absolute Gasteiger partial charge is 0.496 e. The van der Waals surface area contributed by atoms with Crippen LogP contribution in [0, 0.1) is 10.1 Å². The number of nitrogens with one attached hydrogen (secondary N) is 1. The third kappa shape index (κ3) is 7.45. The van der Waals surface area contributed by atoms with E-state index >= 15 is 0 Å². The number of ether oxygens (including phenoxy) is 2. The van der Waals surface area contributed by atoms with E-state index in [1.54, 1.807) is 19.1 Å². The number of para-hydroxylation sites is 2. The number of aromatic nitrogens is 1. The Labute approximate surface area is 248 Å². The van der Waals surface area contributed by atoms with E-state index in [4.69, 9.17) is 21.1 Å². The molecule has 0 atom stereocenters. The Balaban J connectivity index is 1.59. The fourth-order valence-corrected chi connectivity index (χ4v) is 5.06. The van der Waals surface area contributed by atoms with Gasteiger partial charge in [0.25, 0.3) is 11.6 Å². The molecule has 0 aliphatic rings. The SMILES string of the molecule is COCCCN(CC(=O)N(CCc1c[nH]c2ccccc12)Cc1ccccc1OC)C(=O)c1ccc([N+](=O)[O-])cc1Cl. The smallest absolute Gasteiger partial charge is 0.270 e. The first-order chi connectivity index (χ1) is 20.3. The van der Waals surface area contributed by atoms with Crippen LogP contribution in [0.1, 0.15) is 27.9 Å². The van der Waals surface area contributed by atoms with Crippen LogP contribution in [0.15, 0.2) is 72.9 Å². The number of nitro groups is 1. The molecule has 1 heterocycles. The molecule has 11 heteroatoms. The first-order valence-corrected chi connectivity index (χ1v) is 13.9. The zero-order chi connectivity index (χ0) is 30.1. The van der Waals surface area contributed by atoms with Gasteiger partial charge in [-0.3, -0.25) is 19.7 Å². The fraction of sp³-hybridized carbons (Fsp3) is 0.290. The van der Waals surface area contributed by atoms with Gasteiger partial charge < -0.3 is 24.3 Å². The lowest BCUT2D eigenvalue weighted by Crippen LogP contribution is -2.44. The van der Waals surface area contributed by atoms with Gasteiger partial charge in [-0.1, -0.05) is 48.0 Å². The number of nitro benzene ring substituents is 1. The van der Waals surface area contributed by atoms with E-state index in [0.717, 1.165) is 28.1 Å². The maximum atomic E-state index is 13.9. The molecule has 1 aromatic heterocycles. The van der Waals surface area contributed by atoms with Gasteiger partial charge in [-0.05, 0) is 36.6 Å². The molecule has 220 valence electrons. The Morgan fingerprint density at radius 1 is 0.976 bits per heavy atom. The molecule has 0 saturated heterocycles. The van der Waals surface area contributed by atoms with Gasteiger partial charge in [0.15, 0.2) is 0 Å². The Hall–Kier alpha value is -4.41. The molecule has 0 bridgehead atoms. The Morgan fingerprint density at radius 2 is 1.74 bits per heavy atom. The molecule has 0 aliphatic carbocycles. The Kier molecular flexibility index (Phi) is 10.5. The number of hydrogen-bond donors (Lipinski definition) is 1. The van der Waals surface area contributed by atoms with Crippen LogP contribution < -0.4 is 4.74 Å². The maximum Gasteiger partial charge on any atom is 0.270 e. The van der Waals surface area contributed by atoms with E-state index in [1.807, 2.05) is 54.7 Å². The number of benzene rings is 3. The van der Waals surface area contributed by atoms with Crippen molar-refractivity contribution in [2.75, 3.05) is 40.5 Å². The van der Waals surface area contributed by atoms with Crippen LogP contribution >= 0.6 is 11.6 Å². The van der Waals surface area contributed by atoms with Crippen molar-refractivity contribution in [2.24, 2.45) is 0 Å². The maximum absolute atomic E-state index is 13.9. The molecular weight excluding hydrogens is 560 g/mol. The normalized spacial score (nSPS) is 10.9. The number of aromatic amines is 1. The lowest BCUT2D eigenvalue weighted by atomic mass is 10.1. The van der Waals surface area contributed by atoms with Gasteiger partial charge in [-0.2, -0.15) is 0 Å². The summed E-state index contributed by atoms with van der Waals surface area (Å²) in [5, 5.41) is 12.2. The molecule has 0 spiro atoms. The molecule has 42 heavy (non-hydrogen) atoms. The quantitative estimate of drug-likeness (QED) is 0.118. The van der Waals surface area contributed by atoms with Gasteiger partial charge in [-0.15, -0.1) is 0 Å². The van der Waals surface area contributed by atoms with Crippen LogP contribution in [0.3, 0.4) is 0 Å². The zero-order valence-electron chi connectivity index (χ0n) is 23.5. The summed E-state index contributed by atoms with van der Waals surface area (Å²) >= 11 is 6.28. The summed E-state index contributed by atoms with van der Waals surface area (Å²) in [6.45, 7) is 1.09. The Morgan fingerprint density at radius 3 is 2.48 bits per heavy atom. The standard InChI is InChI=1S/C31H33ClN4O6/c1-41-17-7-15-35(31(38)26-13-12-24(36(39)40)18-27(26)32)21-30(37)34(20-23-8-3-6-11-29(23)42-2)16-14-22-19-33-28-10-5-4-9-25(22)28/h3-6,8-13,18-19,33H,7,14-17,20-21H2,1-2H3. The Bertz CT molecular complexity index is 1560. The minimum Gasteiger partial charge on any atom is -0.496 e.